The Morgan fingerprint density at radius 2 is 1.62 bits per heavy atom. The van der Waals surface area contributed by atoms with E-state index < -0.39 is 35.2 Å². The molecule has 1 aliphatic carbocycles. The molecule has 0 aliphatic heterocycles. The van der Waals surface area contributed by atoms with E-state index >= 15 is 0 Å². The van der Waals surface area contributed by atoms with Crippen molar-refractivity contribution in [2.24, 2.45) is 5.92 Å². The van der Waals surface area contributed by atoms with Crippen LogP contribution < -0.4 is 4.74 Å². The molecule has 0 radical (unpaired) electrons. The summed E-state index contributed by atoms with van der Waals surface area (Å²) in [6.45, 7) is 3.50. The number of aryl methyl sites for hydroxylation is 1. The molecule has 0 spiro atoms. The number of rotatable bonds is 9. The van der Waals surface area contributed by atoms with Gasteiger partial charge in [0.1, 0.15) is 0 Å². The van der Waals surface area contributed by atoms with E-state index in [1.165, 1.54) is 44.7 Å². The summed E-state index contributed by atoms with van der Waals surface area (Å²) in [5.41, 5.74) is -0.359. The highest BCUT2D eigenvalue weighted by Crippen LogP contribution is 2.40. The third-order valence-corrected chi connectivity index (χ3v) is 6.60. The summed E-state index contributed by atoms with van der Waals surface area (Å²) < 4.78 is 74.3. The van der Waals surface area contributed by atoms with Gasteiger partial charge in [-0.2, -0.15) is 8.78 Å². The van der Waals surface area contributed by atoms with Gasteiger partial charge in [-0.25, -0.2) is 13.2 Å². The van der Waals surface area contributed by atoms with Crippen molar-refractivity contribution in [2.75, 3.05) is 0 Å². The SMILES string of the molecule is CCCCCC1CCC(c2ccc(C(F)(F)Oc3ccc(C)c(C(F)F)c3F)cc2)CC1. The van der Waals surface area contributed by atoms with E-state index in [1.54, 1.807) is 12.1 Å². The van der Waals surface area contributed by atoms with Crippen LogP contribution >= 0.6 is 0 Å². The van der Waals surface area contributed by atoms with Crippen LogP contribution in [0.15, 0.2) is 36.4 Å². The van der Waals surface area contributed by atoms with Crippen LogP contribution in [0.4, 0.5) is 22.0 Å². The molecule has 3 rings (SSSR count). The van der Waals surface area contributed by atoms with Gasteiger partial charge in [-0.3, -0.25) is 0 Å². The Hall–Kier alpha value is -2.11. The normalized spacial score (nSPS) is 19.4. The van der Waals surface area contributed by atoms with Gasteiger partial charge in [0.15, 0.2) is 11.6 Å². The van der Waals surface area contributed by atoms with Crippen LogP contribution in [-0.4, -0.2) is 0 Å². The molecule has 0 bridgehead atoms. The summed E-state index contributed by atoms with van der Waals surface area (Å²) >= 11 is 0. The summed E-state index contributed by atoms with van der Waals surface area (Å²) in [6, 6.07) is 8.01. The minimum absolute atomic E-state index is 0.0161. The van der Waals surface area contributed by atoms with Gasteiger partial charge in [-0.05, 0) is 73.8 Å². The van der Waals surface area contributed by atoms with E-state index in [2.05, 4.69) is 11.7 Å². The second-order valence-corrected chi connectivity index (χ2v) is 8.86. The zero-order chi connectivity index (χ0) is 23.3. The number of hydrogen-bond donors (Lipinski definition) is 0. The minimum atomic E-state index is -3.84. The van der Waals surface area contributed by atoms with Crippen LogP contribution in [0.3, 0.4) is 0 Å². The molecule has 32 heavy (non-hydrogen) atoms. The Morgan fingerprint density at radius 1 is 0.969 bits per heavy atom. The fraction of sp³-hybridized carbons (Fsp3) is 0.538. The lowest BCUT2D eigenvalue weighted by Crippen LogP contribution is -2.23. The first-order valence-corrected chi connectivity index (χ1v) is 11.5. The topological polar surface area (TPSA) is 9.23 Å². The average molecular weight is 455 g/mol. The number of hydrogen-bond acceptors (Lipinski definition) is 1. The molecule has 0 saturated heterocycles. The monoisotopic (exact) mass is 454 g/mol. The van der Waals surface area contributed by atoms with Gasteiger partial charge < -0.3 is 4.74 Å². The maximum absolute atomic E-state index is 14.7. The Morgan fingerprint density at radius 3 is 2.22 bits per heavy atom. The highest BCUT2D eigenvalue weighted by molar-refractivity contribution is 5.38. The molecule has 1 nitrogen and oxygen atoms in total. The zero-order valence-corrected chi connectivity index (χ0v) is 18.7. The molecule has 176 valence electrons. The standard InChI is InChI=1S/C26H31F5O/c1-3-4-5-6-18-8-10-19(11-9-18)20-12-14-21(15-13-20)26(30,31)32-22-16-7-17(2)23(24(22)27)25(28)29/h7,12-16,18-19,25H,3-6,8-11H2,1-2H3. The van der Waals surface area contributed by atoms with E-state index in [9.17, 15) is 22.0 Å². The van der Waals surface area contributed by atoms with Crippen molar-refractivity contribution in [3.63, 3.8) is 0 Å². The van der Waals surface area contributed by atoms with E-state index in [0.29, 0.717) is 5.92 Å². The maximum Gasteiger partial charge on any atom is 0.426 e. The fourth-order valence-electron chi connectivity index (χ4n) is 4.63. The van der Waals surface area contributed by atoms with Crippen molar-refractivity contribution >= 4 is 0 Å². The molecule has 0 atom stereocenters. The Balaban J connectivity index is 1.65. The minimum Gasteiger partial charge on any atom is -0.426 e. The Kier molecular flexibility index (Phi) is 8.18. The largest absolute Gasteiger partial charge is 0.426 e. The summed E-state index contributed by atoms with van der Waals surface area (Å²) in [6.07, 6.45) is 2.50. The number of halogens is 5. The number of ether oxygens (including phenoxy) is 1. The van der Waals surface area contributed by atoms with Crippen molar-refractivity contribution in [3.05, 3.63) is 64.5 Å². The molecule has 2 aromatic carbocycles. The second kappa shape index (κ2) is 10.7. The fourth-order valence-corrected chi connectivity index (χ4v) is 4.63. The van der Waals surface area contributed by atoms with Crippen LogP contribution in [-0.2, 0) is 6.11 Å². The number of alkyl halides is 4. The molecular formula is C26H31F5O. The van der Waals surface area contributed by atoms with Gasteiger partial charge in [-0.1, -0.05) is 50.8 Å². The van der Waals surface area contributed by atoms with Gasteiger partial charge in [0.25, 0.3) is 6.43 Å². The van der Waals surface area contributed by atoms with Gasteiger partial charge in [0.2, 0.25) is 0 Å². The molecule has 1 fully saturated rings. The van der Waals surface area contributed by atoms with Crippen molar-refractivity contribution < 1.29 is 26.7 Å². The molecule has 0 N–H and O–H groups in total. The molecule has 2 aromatic rings. The van der Waals surface area contributed by atoms with Crippen LogP contribution in [0.2, 0.25) is 0 Å². The third kappa shape index (κ3) is 5.81. The lowest BCUT2D eigenvalue weighted by atomic mass is 9.77. The predicted octanol–water partition coefficient (Wildman–Crippen LogP) is 9.05. The van der Waals surface area contributed by atoms with E-state index in [-0.39, 0.29) is 5.56 Å². The molecule has 1 saturated carbocycles. The van der Waals surface area contributed by atoms with Crippen molar-refractivity contribution in [2.45, 2.75) is 83.7 Å². The quantitative estimate of drug-likeness (QED) is 0.271. The smallest absolute Gasteiger partial charge is 0.426 e. The second-order valence-electron chi connectivity index (χ2n) is 8.86. The van der Waals surface area contributed by atoms with Crippen LogP contribution in [0, 0.1) is 18.7 Å². The zero-order valence-electron chi connectivity index (χ0n) is 18.7. The lowest BCUT2D eigenvalue weighted by Gasteiger charge is -2.29. The first kappa shape index (κ1) is 24.5. The third-order valence-electron chi connectivity index (χ3n) is 6.60. The molecule has 0 unspecified atom stereocenters. The number of unbranched alkanes of at least 4 members (excludes halogenated alkanes) is 2. The van der Waals surface area contributed by atoms with Gasteiger partial charge in [0, 0.05) is 0 Å². The lowest BCUT2D eigenvalue weighted by molar-refractivity contribution is -0.187. The molecule has 0 aromatic heterocycles. The van der Waals surface area contributed by atoms with Crippen LogP contribution in [0.1, 0.15) is 92.9 Å². The molecule has 0 heterocycles. The van der Waals surface area contributed by atoms with Gasteiger partial charge in [-0.15, -0.1) is 0 Å². The average Bonchev–Trinajstić information content (AvgIpc) is 2.76. The van der Waals surface area contributed by atoms with Crippen molar-refractivity contribution in [3.8, 4) is 5.75 Å². The highest BCUT2D eigenvalue weighted by Gasteiger charge is 2.36. The highest BCUT2D eigenvalue weighted by atomic mass is 19.3. The maximum atomic E-state index is 14.7. The van der Waals surface area contributed by atoms with Crippen LogP contribution in [0.25, 0.3) is 0 Å². The molecular weight excluding hydrogens is 423 g/mol. The summed E-state index contributed by atoms with van der Waals surface area (Å²) in [4.78, 5) is 0. The van der Waals surface area contributed by atoms with Crippen LogP contribution in [0.5, 0.6) is 5.75 Å². The van der Waals surface area contributed by atoms with E-state index in [0.717, 1.165) is 49.3 Å². The summed E-state index contributed by atoms with van der Waals surface area (Å²) in [5.74, 6) is -1.23. The van der Waals surface area contributed by atoms with Crippen molar-refractivity contribution in [1.29, 1.82) is 0 Å². The van der Waals surface area contributed by atoms with Gasteiger partial charge >= 0.3 is 6.11 Å². The van der Waals surface area contributed by atoms with Crippen molar-refractivity contribution in [1.82, 2.24) is 0 Å². The summed E-state index contributed by atoms with van der Waals surface area (Å²) in [5, 5.41) is 0. The van der Waals surface area contributed by atoms with Gasteiger partial charge in [0.05, 0.1) is 11.1 Å². The summed E-state index contributed by atoms with van der Waals surface area (Å²) in [7, 11) is 0. The van der Waals surface area contributed by atoms with E-state index in [1.807, 2.05) is 0 Å². The first-order valence-electron chi connectivity index (χ1n) is 11.5. The molecule has 0 amide bonds. The Labute approximate surface area is 187 Å². The molecule has 1 aliphatic rings. The molecule has 6 heteroatoms. The Bertz CT molecular complexity index is 871. The van der Waals surface area contributed by atoms with E-state index in [4.69, 9.17) is 0 Å². The first-order chi connectivity index (χ1) is 15.2. The number of benzene rings is 2. The predicted molar refractivity (Wildman–Crippen MR) is 116 cm³/mol.